The molecule has 0 unspecified atom stereocenters. The van der Waals surface area contributed by atoms with Crippen LogP contribution in [-0.2, 0) is 11.2 Å². The van der Waals surface area contributed by atoms with Gasteiger partial charge < -0.3 is 4.98 Å². The average molecular weight is 383 g/mol. The van der Waals surface area contributed by atoms with Gasteiger partial charge in [0.2, 0.25) is 11.9 Å². The van der Waals surface area contributed by atoms with E-state index in [4.69, 9.17) is 34.8 Å². The number of nitrogens with one attached hydrogen (secondary N) is 2. The summed E-state index contributed by atoms with van der Waals surface area (Å²) < 4.78 is 0. The first-order chi connectivity index (χ1) is 11.5. The van der Waals surface area contributed by atoms with Crippen molar-refractivity contribution in [2.45, 2.75) is 19.3 Å². The Hall–Kier alpha value is -1.75. The van der Waals surface area contributed by atoms with Crippen LogP contribution in [-0.4, -0.2) is 15.9 Å². The number of halogens is 3. The highest BCUT2D eigenvalue weighted by atomic mass is 35.5. The summed E-state index contributed by atoms with van der Waals surface area (Å²) in [6, 6.07) is 10.7. The van der Waals surface area contributed by atoms with Crippen LogP contribution in [0, 0.1) is 0 Å². The highest BCUT2D eigenvalue weighted by molar-refractivity contribution is 6.34. The normalized spacial score (nSPS) is 11.0. The molecule has 0 saturated carbocycles. The van der Waals surface area contributed by atoms with E-state index in [2.05, 4.69) is 15.3 Å². The predicted octanol–water partition coefficient (Wildman–Crippen LogP) is 5.48. The van der Waals surface area contributed by atoms with Gasteiger partial charge in [-0.25, -0.2) is 4.98 Å². The van der Waals surface area contributed by atoms with Crippen molar-refractivity contribution in [1.29, 1.82) is 0 Å². The molecule has 3 rings (SSSR count). The van der Waals surface area contributed by atoms with Crippen molar-refractivity contribution < 1.29 is 4.79 Å². The molecule has 24 heavy (non-hydrogen) atoms. The highest BCUT2D eigenvalue weighted by Crippen LogP contribution is 2.21. The number of carbonyl (C=O) groups is 1. The number of aromatic amines is 1. The number of H-pyrrole nitrogens is 1. The molecule has 2 N–H and O–H groups in total. The molecule has 0 atom stereocenters. The number of fused-ring (bicyclic) bond motifs is 1. The molecule has 1 aromatic heterocycles. The van der Waals surface area contributed by atoms with Crippen LogP contribution in [0.25, 0.3) is 11.0 Å². The summed E-state index contributed by atoms with van der Waals surface area (Å²) in [4.78, 5) is 19.4. The molecule has 7 heteroatoms. The lowest BCUT2D eigenvalue weighted by molar-refractivity contribution is -0.116. The number of rotatable bonds is 5. The quantitative estimate of drug-likeness (QED) is 0.613. The Labute approximate surface area is 154 Å². The number of aromatic nitrogens is 2. The highest BCUT2D eigenvalue weighted by Gasteiger charge is 2.08. The van der Waals surface area contributed by atoms with E-state index in [0.29, 0.717) is 33.9 Å². The number of aryl methyl sites for hydroxylation is 1. The van der Waals surface area contributed by atoms with Crippen LogP contribution < -0.4 is 5.32 Å². The Balaban J connectivity index is 1.55. The Morgan fingerprint density at radius 2 is 1.79 bits per heavy atom. The number of hydrogen-bond donors (Lipinski definition) is 2. The summed E-state index contributed by atoms with van der Waals surface area (Å²) in [5.41, 5.74) is 2.55. The van der Waals surface area contributed by atoms with Gasteiger partial charge in [0.25, 0.3) is 0 Å². The number of anilines is 1. The van der Waals surface area contributed by atoms with E-state index in [9.17, 15) is 4.79 Å². The van der Waals surface area contributed by atoms with Gasteiger partial charge in [-0.3, -0.25) is 10.1 Å². The molecule has 0 radical (unpaired) electrons. The predicted molar refractivity (Wildman–Crippen MR) is 99.1 cm³/mol. The van der Waals surface area contributed by atoms with Gasteiger partial charge in [0.1, 0.15) is 0 Å². The molecular formula is C17H14Cl3N3O. The average Bonchev–Trinajstić information content (AvgIpc) is 2.87. The van der Waals surface area contributed by atoms with Gasteiger partial charge in [-0.2, -0.15) is 0 Å². The van der Waals surface area contributed by atoms with Crippen LogP contribution in [0.3, 0.4) is 0 Å². The van der Waals surface area contributed by atoms with E-state index in [0.717, 1.165) is 23.0 Å². The molecule has 0 spiro atoms. The molecule has 1 amide bonds. The molecule has 3 aromatic rings. The summed E-state index contributed by atoms with van der Waals surface area (Å²) in [7, 11) is 0. The number of hydrogen-bond acceptors (Lipinski definition) is 2. The third-order valence-corrected chi connectivity index (χ3v) is 4.16. The van der Waals surface area contributed by atoms with Crippen molar-refractivity contribution in [3.63, 3.8) is 0 Å². The van der Waals surface area contributed by atoms with E-state index in [-0.39, 0.29) is 5.91 Å². The Bertz CT molecular complexity index is 872. The van der Waals surface area contributed by atoms with Gasteiger partial charge in [-0.05, 0) is 54.8 Å². The minimum absolute atomic E-state index is 0.103. The molecule has 0 aliphatic rings. The Morgan fingerprint density at radius 1 is 1.04 bits per heavy atom. The summed E-state index contributed by atoms with van der Waals surface area (Å²) >= 11 is 17.9. The van der Waals surface area contributed by atoms with E-state index >= 15 is 0 Å². The van der Waals surface area contributed by atoms with Crippen LogP contribution in [0.5, 0.6) is 0 Å². The monoisotopic (exact) mass is 381 g/mol. The molecule has 4 nitrogen and oxygen atoms in total. The molecule has 0 aliphatic heterocycles. The number of amides is 1. The fourth-order valence-corrected chi connectivity index (χ4v) is 3.19. The molecule has 0 fully saturated rings. The third-order valence-electron chi connectivity index (χ3n) is 3.49. The zero-order valence-corrected chi connectivity index (χ0v) is 14.8. The molecule has 124 valence electrons. The van der Waals surface area contributed by atoms with Crippen molar-refractivity contribution in [3.05, 3.63) is 57.0 Å². The van der Waals surface area contributed by atoms with E-state index in [1.165, 1.54) is 0 Å². The van der Waals surface area contributed by atoms with Crippen molar-refractivity contribution in [2.75, 3.05) is 5.32 Å². The molecule has 1 heterocycles. The molecule has 0 saturated heterocycles. The molecule has 0 aliphatic carbocycles. The van der Waals surface area contributed by atoms with Gasteiger partial charge in [-0.15, -0.1) is 0 Å². The summed E-state index contributed by atoms with van der Waals surface area (Å²) in [6.45, 7) is 0. The van der Waals surface area contributed by atoms with Gasteiger partial charge in [0.05, 0.1) is 11.0 Å². The van der Waals surface area contributed by atoms with Crippen LogP contribution in [0.1, 0.15) is 18.4 Å². The first-order valence-corrected chi connectivity index (χ1v) is 8.53. The van der Waals surface area contributed by atoms with Crippen LogP contribution in [0.15, 0.2) is 36.4 Å². The summed E-state index contributed by atoms with van der Waals surface area (Å²) in [6.07, 6.45) is 1.79. The lowest BCUT2D eigenvalue weighted by atomic mass is 10.1. The minimum Gasteiger partial charge on any atom is -0.324 e. The van der Waals surface area contributed by atoms with Crippen molar-refractivity contribution in [3.8, 4) is 0 Å². The second-order valence-corrected chi connectivity index (χ2v) is 6.74. The van der Waals surface area contributed by atoms with Gasteiger partial charge in [-0.1, -0.05) is 34.8 Å². The standard InChI is InChI=1S/C17H14Cl3N3O/c18-11-4-5-14-15(9-11)22-17(21-14)23-16(24)3-1-2-10-6-12(19)8-13(20)7-10/h4-9H,1-3H2,(H2,21,22,23,24). The SMILES string of the molecule is O=C(CCCc1cc(Cl)cc(Cl)c1)Nc1nc2ccc(Cl)cc2[nH]1. The lowest BCUT2D eigenvalue weighted by Gasteiger charge is -2.04. The van der Waals surface area contributed by atoms with Gasteiger partial charge in [0, 0.05) is 21.5 Å². The first kappa shape index (κ1) is 17.1. The smallest absolute Gasteiger partial charge is 0.226 e. The fraction of sp³-hybridized carbons (Fsp3) is 0.176. The molecule has 2 aromatic carbocycles. The van der Waals surface area contributed by atoms with E-state index < -0.39 is 0 Å². The lowest BCUT2D eigenvalue weighted by Crippen LogP contribution is -2.12. The van der Waals surface area contributed by atoms with E-state index in [1.807, 2.05) is 12.1 Å². The number of carbonyl (C=O) groups excluding carboxylic acids is 1. The van der Waals surface area contributed by atoms with Crippen molar-refractivity contribution >= 4 is 57.7 Å². The molecular weight excluding hydrogens is 369 g/mol. The van der Waals surface area contributed by atoms with Gasteiger partial charge >= 0.3 is 0 Å². The Morgan fingerprint density at radius 3 is 2.54 bits per heavy atom. The second-order valence-electron chi connectivity index (χ2n) is 5.43. The Kier molecular flexibility index (Phi) is 5.29. The molecule has 0 bridgehead atoms. The third kappa shape index (κ3) is 4.41. The largest absolute Gasteiger partial charge is 0.324 e. The van der Waals surface area contributed by atoms with Crippen molar-refractivity contribution in [2.24, 2.45) is 0 Å². The van der Waals surface area contributed by atoms with E-state index in [1.54, 1.807) is 24.3 Å². The van der Waals surface area contributed by atoms with Crippen LogP contribution in [0.2, 0.25) is 15.1 Å². The van der Waals surface area contributed by atoms with Crippen molar-refractivity contribution in [1.82, 2.24) is 9.97 Å². The summed E-state index contributed by atoms with van der Waals surface area (Å²) in [5, 5.41) is 4.57. The second kappa shape index (κ2) is 7.43. The zero-order chi connectivity index (χ0) is 17.1. The minimum atomic E-state index is -0.103. The topological polar surface area (TPSA) is 57.8 Å². The maximum Gasteiger partial charge on any atom is 0.226 e. The number of benzene rings is 2. The zero-order valence-electron chi connectivity index (χ0n) is 12.6. The van der Waals surface area contributed by atoms with Crippen LogP contribution in [0.4, 0.5) is 5.95 Å². The first-order valence-electron chi connectivity index (χ1n) is 7.40. The maximum atomic E-state index is 12.0. The fourth-order valence-electron chi connectivity index (χ4n) is 2.44. The van der Waals surface area contributed by atoms with Crippen LogP contribution >= 0.6 is 34.8 Å². The summed E-state index contributed by atoms with van der Waals surface area (Å²) in [5.74, 6) is 0.316. The van der Waals surface area contributed by atoms with Gasteiger partial charge in [0.15, 0.2) is 0 Å². The number of nitrogens with zero attached hydrogens (tertiary/aromatic N) is 1. The maximum absolute atomic E-state index is 12.0. The number of imidazole rings is 1.